The third-order valence-corrected chi connectivity index (χ3v) is 4.11. The van der Waals surface area contributed by atoms with E-state index < -0.39 is 0 Å². The van der Waals surface area contributed by atoms with Crippen LogP contribution in [-0.4, -0.2) is 13.2 Å². The Balaban J connectivity index is 2.96. The van der Waals surface area contributed by atoms with Crippen LogP contribution in [0.5, 0.6) is 5.75 Å². The van der Waals surface area contributed by atoms with Gasteiger partial charge in [-0.05, 0) is 37.3 Å². The first-order valence-electron chi connectivity index (χ1n) is 7.85. The Labute approximate surface area is 124 Å². The molecule has 0 spiro atoms. The normalized spacial score (nSPS) is 14.9. The molecular weight excluding hydrogens is 246 g/mol. The molecule has 0 aliphatic heterocycles. The average molecular weight is 277 g/mol. The summed E-state index contributed by atoms with van der Waals surface area (Å²) in [5.74, 6) is 1.66. The Kier molecular flexibility index (Phi) is 6.54. The standard InChI is InChI=1S/C18H31NO/c1-7-19-16(13-14(3)18(4,5)6)15-11-9-10-12-17(15)20-8-2/h9-12,14,16,19H,7-8,13H2,1-6H3. The Morgan fingerprint density at radius 2 is 1.80 bits per heavy atom. The zero-order chi connectivity index (χ0) is 15.2. The van der Waals surface area contributed by atoms with E-state index in [0.29, 0.717) is 24.0 Å². The highest BCUT2D eigenvalue weighted by Gasteiger charge is 2.25. The second kappa shape index (κ2) is 7.68. The molecule has 1 N–H and O–H groups in total. The van der Waals surface area contributed by atoms with E-state index in [0.717, 1.165) is 18.7 Å². The van der Waals surface area contributed by atoms with E-state index in [-0.39, 0.29) is 0 Å². The van der Waals surface area contributed by atoms with Crippen LogP contribution >= 0.6 is 0 Å². The molecular formula is C18H31NO. The fraction of sp³-hybridized carbons (Fsp3) is 0.667. The van der Waals surface area contributed by atoms with Gasteiger partial charge in [0.25, 0.3) is 0 Å². The molecule has 114 valence electrons. The lowest BCUT2D eigenvalue weighted by molar-refractivity contribution is 0.221. The van der Waals surface area contributed by atoms with Gasteiger partial charge in [0.15, 0.2) is 0 Å². The summed E-state index contributed by atoms with van der Waals surface area (Å²) in [4.78, 5) is 0. The number of hydrogen-bond donors (Lipinski definition) is 1. The van der Waals surface area contributed by atoms with Crippen molar-refractivity contribution >= 4 is 0 Å². The molecule has 0 aliphatic rings. The van der Waals surface area contributed by atoms with E-state index >= 15 is 0 Å². The van der Waals surface area contributed by atoms with Gasteiger partial charge in [-0.2, -0.15) is 0 Å². The van der Waals surface area contributed by atoms with Gasteiger partial charge < -0.3 is 10.1 Å². The summed E-state index contributed by atoms with van der Waals surface area (Å²) in [6, 6.07) is 8.77. The fourth-order valence-electron chi connectivity index (χ4n) is 2.33. The van der Waals surface area contributed by atoms with Crippen molar-refractivity contribution in [1.82, 2.24) is 5.32 Å². The monoisotopic (exact) mass is 277 g/mol. The lowest BCUT2D eigenvalue weighted by atomic mass is 9.77. The van der Waals surface area contributed by atoms with Crippen LogP contribution in [0.15, 0.2) is 24.3 Å². The van der Waals surface area contributed by atoms with Crippen molar-refractivity contribution in [2.24, 2.45) is 11.3 Å². The molecule has 0 heterocycles. The van der Waals surface area contributed by atoms with Crippen molar-refractivity contribution in [3.8, 4) is 5.75 Å². The van der Waals surface area contributed by atoms with Crippen LogP contribution in [0, 0.1) is 11.3 Å². The number of nitrogens with one attached hydrogen (secondary N) is 1. The van der Waals surface area contributed by atoms with Crippen molar-refractivity contribution in [1.29, 1.82) is 0 Å². The summed E-state index contributed by atoms with van der Waals surface area (Å²) in [6.45, 7) is 15.2. The van der Waals surface area contributed by atoms with Gasteiger partial charge in [-0.3, -0.25) is 0 Å². The Hall–Kier alpha value is -1.02. The van der Waals surface area contributed by atoms with E-state index in [1.54, 1.807) is 0 Å². The van der Waals surface area contributed by atoms with Crippen LogP contribution in [0.25, 0.3) is 0 Å². The Morgan fingerprint density at radius 1 is 1.15 bits per heavy atom. The smallest absolute Gasteiger partial charge is 0.124 e. The summed E-state index contributed by atoms with van der Waals surface area (Å²) in [7, 11) is 0. The van der Waals surface area contributed by atoms with Gasteiger partial charge in [-0.25, -0.2) is 0 Å². The van der Waals surface area contributed by atoms with Crippen molar-refractivity contribution in [3.63, 3.8) is 0 Å². The maximum Gasteiger partial charge on any atom is 0.124 e. The minimum absolute atomic E-state index is 0.328. The lowest BCUT2D eigenvalue weighted by Crippen LogP contribution is -2.27. The molecule has 1 aromatic rings. The molecule has 1 aromatic carbocycles. The minimum Gasteiger partial charge on any atom is -0.494 e. The quantitative estimate of drug-likeness (QED) is 0.772. The van der Waals surface area contributed by atoms with E-state index in [9.17, 15) is 0 Å². The topological polar surface area (TPSA) is 21.3 Å². The number of hydrogen-bond acceptors (Lipinski definition) is 2. The second-order valence-electron chi connectivity index (χ2n) is 6.58. The zero-order valence-corrected chi connectivity index (χ0v) is 14.0. The van der Waals surface area contributed by atoms with Crippen molar-refractivity contribution in [3.05, 3.63) is 29.8 Å². The highest BCUT2D eigenvalue weighted by atomic mass is 16.5. The van der Waals surface area contributed by atoms with Crippen molar-refractivity contribution in [2.45, 2.75) is 54.0 Å². The summed E-state index contributed by atoms with van der Waals surface area (Å²) in [6.07, 6.45) is 1.13. The Morgan fingerprint density at radius 3 is 2.35 bits per heavy atom. The third-order valence-electron chi connectivity index (χ3n) is 4.11. The first-order chi connectivity index (χ1) is 9.40. The van der Waals surface area contributed by atoms with Gasteiger partial charge in [0.05, 0.1) is 6.61 Å². The number of ether oxygens (including phenoxy) is 1. The van der Waals surface area contributed by atoms with Crippen LogP contribution < -0.4 is 10.1 Å². The van der Waals surface area contributed by atoms with Crippen molar-refractivity contribution < 1.29 is 4.74 Å². The number of para-hydroxylation sites is 1. The predicted molar refractivity (Wildman–Crippen MR) is 87.3 cm³/mol. The van der Waals surface area contributed by atoms with E-state index in [4.69, 9.17) is 4.74 Å². The maximum absolute atomic E-state index is 5.79. The molecule has 0 radical (unpaired) electrons. The van der Waals surface area contributed by atoms with Crippen LogP contribution in [0.4, 0.5) is 0 Å². The predicted octanol–water partition coefficient (Wildman–Crippen LogP) is 4.81. The third kappa shape index (κ3) is 4.82. The molecule has 0 fully saturated rings. The van der Waals surface area contributed by atoms with Crippen LogP contribution in [0.3, 0.4) is 0 Å². The average Bonchev–Trinajstić information content (AvgIpc) is 2.38. The first kappa shape index (κ1) is 17.0. The summed E-state index contributed by atoms with van der Waals surface area (Å²) in [5.41, 5.74) is 1.61. The van der Waals surface area contributed by atoms with Crippen molar-refractivity contribution in [2.75, 3.05) is 13.2 Å². The molecule has 0 saturated carbocycles. The molecule has 0 aromatic heterocycles. The van der Waals surface area contributed by atoms with Gasteiger partial charge in [0, 0.05) is 11.6 Å². The first-order valence-corrected chi connectivity index (χ1v) is 7.85. The van der Waals surface area contributed by atoms with Crippen LogP contribution in [-0.2, 0) is 0 Å². The molecule has 0 aliphatic carbocycles. The van der Waals surface area contributed by atoms with Gasteiger partial charge in [-0.15, -0.1) is 0 Å². The molecule has 0 saturated heterocycles. The molecule has 2 nitrogen and oxygen atoms in total. The van der Waals surface area contributed by atoms with E-state index in [1.807, 2.05) is 13.0 Å². The molecule has 2 heteroatoms. The SMILES string of the molecule is CCNC(CC(C)C(C)(C)C)c1ccccc1OCC. The summed E-state index contributed by atoms with van der Waals surface area (Å²) >= 11 is 0. The van der Waals surface area contributed by atoms with E-state index in [1.165, 1.54) is 5.56 Å². The number of rotatable bonds is 7. The summed E-state index contributed by atoms with van der Waals surface area (Å²) < 4.78 is 5.79. The lowest BCUT2D eigenvalue weighted by Gasteiger charge is -2.32. The minimum atomic E-state index is 0.328. The Bertz CT molecular complexity index is 395. The largest absolute Gasteiger partial charge is 0.494 e. The zero-order valence-electron chi connectivity index (χ0n) is 14.0. The highest BCUT2D eigenvalue weighted by Crippen LogP contribution is 2.36. The van der Waals surface area contributed by atoms with E-state index in [2.05, 4.69) is 58.1 Å². The highest BCUT2D eigenvalue weighted by molar-refractivity contribution is 5.36. The van der Waals surface area contributed by atoms with Crippen LogP contribution in [0.1, 0.15) is 59.6 Å². The van der Waals surface area contributed by atoms with Gasteiger partial charge in [0.1, 0.15) is 5.75 Å². The molecule has 0 bridgehead atoms. The molecule has 0 amide bonds. The van der Waals surface area contributed by atoms with Crippen LogP contribution in [0.2, 0.25) is 0 Å². The molecule has 2 unspecified atom stereocenters. The molecule has 1 rings (SSSR count). The maximum atomic E-state index is 5.79. The molecule has 2 atom stereocenters. The summed E-state index contributed by atoms with van der Waals surface area (Å²) in [5, 5.41) is 3.62. The fourth-order valence-corrected chi connectivity index (χ4v) is 2.33. The van der Waals surface area contributed by atoms with Gasteiger partial charge in [-0.1, -0.05) is 52.8 Å². The van der Waals surface area contributed by atoms with Gasteiger partial charge >= 0.3 is 0 Å². The van der Waals surface area contributed by atoms with Gasteiger partial charge in [0.2, 0.25) is 0 Å². The second-order valence-corrected chi connectivity index (χ2v) is 6.58. The molecule has 20 heavy (non-hydrogen) atoms. The number of benzene rings is 1.